The van der Waals surface area contributed by atoms with Crippen molar-refractivity contribution in [2.45, 2.75) is 6.92 Å². The van der Waals surface area contributed by atoms with E-state index in [1.807, 2.05) is 31.2 Å². The van der Waals surface area contributed by atoms with Crippen LogP contribution in [0.25, 0.3) is 0 Å². The number of aryl methyl sites for hydroxylation is 1. The molecule has 1 rings (SSSR count). The quantitative estimate of drug-likeness (QED) is 0.636. The molecular formula is C8H11ClN2O. The fourth-order valence-electron chi connectivity index (χ4n) is 0.551. The van der Waals surface area contributed by atoms with E-state index in [4.69, 9.17) is 16.4 Å². The fourth-order valence-corrected chi connectivity index (χ4v) is 0.687. The van der Waals surface area contributed by atoms with E-state index >= 15 is 0 Å². The second-order valence-electron chi connectivity index (χ2n) is 2.15. The van der Waals surface area contributed by atoms with Crippen LogP contribution in [0.3, 0.4) is 0 Å². The number of benzene rings is 1. The lowest BCUT2D eigenvalue weighted by Gasteiger charge is -1.90. The molecule has 0 unspecified atom stereocenters. The molecule has 12 heavy (non-hydrogen) atoms. The minimum atomic E-state index is -0.833. The Kier molecular flexibility index (Phi) is 4.88. The molecule has 0 atom stereocenters. The van der Waals surface area contributed by atoms with Crippen molar-refractivity contribution in [3.63, 3.8) is 0 Å². The van der Waals surface area contributed by atoms with Gasteiger partial charge in [0.15, 0.2) is 0 Å². The first kappa shape index (κ1) is 10.8. The number of rotatable bonds is 0. The summed E-state index contributed by atoms with van der Waals surface area (Å²) in [5.74, 6) is 0. The fraction of sp³-hybridized carbons (Fsp3) is 0.125. The van der Waals surface area contributed by atoms with Crippen molar-refractivity contribution >= 4 is 17.6 Å². The average Bonchev–Trinajstić information content (AvgIpc) is 1.94. The van der Waals surface area contributed by atoms with Gasteiger partial charge in [-0.05, 0) is 18.6 Å². The summed E-state index contributed by atoms with van der Waals surface area (Å²) >= 11 is 5.71. The molecule has 4 heteroatoms. The molecule has 0 heterocycles. The molecule has 3 nitrogen and oxygen atoms in total. The van der Waals surface area contributed by atoms with Crippen LogP contribution in [0, 0.1) is 6.92 Å². The number of carbonyl (C=O) groups is 1. The zero-order chi connectivity index (χ0) is 9.56. The van der Waals surface area contributed by atoms with E-state index in [0.717, 1.165) is 10.6 Å². The standard InChI is InChI=1S/C7H7Cl.CH4N2O/c1-6-4-2-3-5-7(6)8;2-1(3)4/h2-5H,1H3;(H4,2,3,4). The van der Waals surface area contributed by atoms with Gasteiger partial charge in [-0.3, -0.25) is 0 Å². The van der Waals surface area contributed by atoms with Crippen LogP contribution in [-0.2, 0) is 0 Å². The normalized spacial score (nSPS) is 8.17. The molecule has 0 aliphatic rings. The molecule has 0 aliphatic carbocycles. The first-order chi connectivity index (χ1) is 5.54. The molecule has 4 N–H and O–H groups in total. The van der Waals surface area contributed by atoms with Gasteiger partial charge in [0.05, 0.1) is 0 Å². The molecule has 1 aromatic rings. The molecule has 0 saturated carbocycles. The van der Waals surface area contributed by atoms with Crippen molar-refractivity contribution in [2.24, 2.45) is 11.5 Å². The van der Waals surface area contributed by atoms with E-state index in [1.165, 1.54) is 0 Å². The third kappa shape index (κ3) is 5.56. The minimum Gasteiger partial charge on any atom is -0.352 e. The Balaban J connectivity index is 0.000000261. The van der Waals surface area contributed by atoms with Crippen LogP contribution >= 0.6 is 11.6 Å². The van der Waals surface area contributed by atoms with E-state index in [0.29, 0.717) is 0 Å². The van der Waals surface area contributed by atoms with Gasteiger partial charge in [-0.2, -0.15) is 0 Å². The molecule has 2 amide bonds. The Labute approximate surface area is 76.3 Å². The maximum absolute atomic E-state index is 9.00. The Bertz CT molecular complexity index is 238. The summed E-state index contributed by atoms with van der Waals surface area (Å²) in [6.45, 7) is 1.99. The van der Waals surface area contributed by atoms with Crippen molar-refractivity contribution in [1.29, 1.82) is 0 Å². The highest BCUT2D eigenvalue weighted by Crippen LogP contribution is 2.11. The smallest absolute Gasteiger partial charge is 0.309 e. The molecule has 0 fully saturated rings. The van der Waals surface area contributed by atoms with Gasteiger partial charge in [0.2, 0.25) is 0 Å². The molecule has 0 spiro atoms. The maximum Gasteiger partial charge on any atom is 0.309 e. The lowest BCUT2D eigenvalue weighted by Crippen LogP contribution is -2.18. The third-order valence-corrected chi connectivity index (χ3v) is 1.50. The van der Waals surface area contributed by atoms with Gasteiger partial charge in [0.25, 0.3) is 0 Å². The van der Waals surface area contributed by atoms with Crippen LogP contribution in [0.2, 0.25) is 5.02 Å². The van der Waals surface area contributed by atoms with E-state index < -0.39 is 6.03 Å². The van der Waals surface area contributed by atoms with Crippen LogP contribution in [0.4, 0.5) is 4.79 Å². The van der Waals surface area contributed by atoms with Crippen LogP contribution in [0.15, 0.2) is 24.3 Å². The molecule has 0 bridgehead atoms. The van der Waals surface area contributed by atoms with Gasteiger partial charge in [-0.1, -0.05) is 29.8 Å². The second kappa shape index (κ2) is 5.43. The van der Waals surface area contributed by atoms with Gasteiger partial charge in [-0.25, -0.2) is 4.79 Å². The van der Waals surface area contributed by atoms with Crippen LogP contribution < -0.4 is 11.5 Å². The molecule has 0 aromatic heterocycles. The summed E-state index contributed by atoms with van der Waals surface area (Å²) in [5.41, 5.74) is 9.63. The highest BCUT2D eigenvalue weighted by Gasteiger charge is 1.86. The summed E-state index contributed by atoms with van der Waals surface area (Å²) in [6, 6.07) is 6.94. The molecule has 0 radical (unpaired) electrons. The van der Waals surface area contributed by atoms with Gasteiger partial charge in [-0.15, -0.1) is 0 Å². The molecule has 1 aromatic carbocycles. The predicted molar refractivity (Wildman–Crippen MR) is 50.0 cm³/mol. The topological polar surface area (TPSA) is 69.1 Å². The molecular weight excluding hydrogens is 176 g/mol. The number of hydrogen-bond acceptors (Lipinski definition) is 1. The minimum absolute atomic E-state index is 0.833. The monoisotopic (exact) mass is 186 g/mol. The van der Waals surface area contributed by atoms with Gasteiger partial charge < -0.3 is 11.5 Å². The lowest BCUT2D eigenvalue weighted by atomic mass is 10.2. The summed E-state index contributed by atoms with van der Waals surface area (Å²) in [7, 11) is 0. The first-order valence-corrected chi connectivity index (χ1v) is 3.68. The number of urea groups is 1. The van der Waals surface area contributed by atoms with Crippen molar-refractivity contribution in [2.75, 3.05) is 0 Å². The van der Waals surface area contributed by atoms with Gasteiger partial charge >= 0.3 is 6.03 Å². The van der Waals surface area contributed by atoms with E-state index in [-0.39, 0.29) is 0 Å². The SMILES string of the molecule is Cc1ccccc1Cl.NC(N)=O. The average molecular weight is 187 g/mol. The summed E-state index contributed by atoms with van der Waals surface area (Å²) in [5, 5.41) is 0.840. The Morgan fingerprint density at radius 1 is 1.33 bits per heavy atom. The zero-order valence-electron chi connectivity index (χ0n) is 6.75. The molecule has 66 valence electrons. The summed E-state index contributed by atoms with van der Waals surface area (Å²) in [6.07, 6.45) is 0. The zero-order valence-corrected chi connectivity index (χ0v) is 7.51. The number of primary amides is 2. The first-order valence-electron chi connectivity index (χ1n) is 3.30. The van der Waals surface area contributed by atoms with Crippen molar-refractivity contribution < 1.29 is 4.79 Å². The highest BCUT2D eigenvalue weighted by molar-refractivity contribution is 6.31. The van der Waals surface area contributed by atoms with Crippen molar-refractivity contribution in [3.8, 4) is 0 Å². The third-order valence-electron chi connectivity index (χ3n) is 1.08. The van der Waals surface area contributed by atoms with Gasteiger partial charge in [0.1, 0.15) is 0 Å². The molecule has 0 saturated heterocycles. The number of nitrogens with two attached hydrogens (primary N) is 2. The summed E-state index contributed by atoms with van der Waals surface area (Å²) < 4.78 is 0. The Morgan fingerprint density at radius 2 is 1.75 bits per heavy atom. The van der Waals surface area contributed by atoms with Crippen molar-refractivity contribution in [1.82, 2.24) is 0 Å². The number of hydrogen-bond donors (Lipinski definition) is 2. The lowest BCUT2D eigenvalue weighted by molar-refractivity contribution is 0.256. The van der Waals surface area contributed by atoms with Crippen LogP contribution in [0.1, 0.15) is 5.56 Å². The number of amides is 2. The molecule has 0 aliphatic heterocycles. The maximum atomic E-state index is 9.00. The van der Waals surface area contributed by atoms with Gasteiger partial charge in [0, 0.05) is 5.02 Å². The Hall–Kier alpha value is -1.22. The largest absolute Gasteiger partial charge is 0.352 e. The van der Waals surface area contributed by atoms with Crippen LogP contribution in [0.5, 0.6) is 0 Å². The van der Waals surface area contributed by atoms with E-state index in [1.54, 1.807) is 0 Å². The Morgan fingerprint density at radius 3 is 2.00 bits per heavy atom. The number of halogens is 1. The predicted octanol–water partition coefficient (Wildman–Crippen LogP) is 1.67. The summed E-state index contributed by atoms with van der Waals surface area (Å²) in [4.78, 5) is 9.00. The van der Waals surface area contributed by atoms with E-state index in [2.05, 4.69) is 11.5 Å². The van der Waals surface area contributed by atoms with Crippen LogP contribution in [-0.4, -0.2) is 6.03 Å². The highest BCUT2D eigenvalue weighted by atomic mass is 35.5. The van der Waals surface area contributed by atoms with E-state index in [9.17, 15) is 0 Å². The number of carbonyl (C=O) groups excluding carboxylic acids is 1. The second-order valence-corrected chi connectivity index (χ2v) is 2.56. The van der Waals surface area contributed by atoms with Crippen molar-refractivity contribution in [3.05, 3.63) is 34.9 Å².